The van der Waals surface area contributed by atoms with E-state index >= 15 is 0 Å². The first-order valence-corrected chi connectivity index (χ1v) is 12.5. The van der Waals surface area contributed by atoms with Gasteiger partial charge in [-0.2, -0.15) is 4.99 Å². The first kappa shape index (κ1) is 21.0. The van der Waals surface area contributed by atoms with E-state index in [-0.39, 0.29) is 35.1 Å². The number of nitrogens with zero attached hydrogens (tertiary/aromatic N) is 2. The summed E-state index contributed by atoms with van der Waals surface area (Å²) in [5.41, 5.74) is 1.15. The van der Waals surface area contributed by atoms with E-state index in [2.05, 4.69) is 4.99 Å². The minimum absolute atomic E-state index is 0.0264. The van der Waals surface area contributed by atoms with Gasteiger partial charge in [0.25, 0.3) is 5.91 Å². The predicted molar refractivity (Wildman–Crippen MR) is 120 cm³/mol. The van der Waals surface area contributed by atoms with Gasteiger partial charge in [-0.1, -0.05) is 70.8 Å². The molecule has 2 aliphatic heterocycles. The molecule has 0 aliphatic carbocycles. The second-order valence-corrected chi connectivity index (χ2v) is 11.4. The molecule has 4 rings (SSSR count). The SMILES string of the molecule is O=C(Cc1ccccc1Cl)N=C1S[C@H]2CS(=O)(=O)C[C@@H]2N1c1c(Cl)cccc1Cl. The topological polar surface area (TPSA) is 66.8 Å². The minimum atomic E-state index is -3.18. The van der Waals surface area contributed by atoms with Gasteiger partial charge < -0.3 is 4.90 Å². The molecule has 5 nitrogen and oxygen atoms in total. The zero-order valence-electron chi connectivity index (χ0n) is 14.9. The number of halogens is 3. The number of anilines is 1. The average Bonchev–Trinajstić information content (AvgIpc) is 3.09. The lowest BCUT2D eigenvalue weighted by Gasteiger charge is -2.26. The van der Waals surface area contributed by atoms with E-state index in [0.717, 1.165) is 0 Å². The van der Waals surface area contributed by atoms with Gasteiger partial charge >= 0.3 is 0 Å². The second-order valence-electron chi connectivity index (χ2n) is 6.80. The summed E-state index contributed by atoms with van der Waals surface area (Å²) in [5.74, 6) is -0.389. The molecule has 10 heteroatoms. The monoisotopic (exact) mass is 488 g/mol. The summed E-state index contributed by atoms with van der Waals surface area (Å²) >= 11 is 20.2. The molecule has 0 bridgehead atoms. The molecule has 2 atom stereocenters. The molecule has 0 unspecified atom stereocenters. The molecule has 0 aromatic heterocycles. The maximum Gasteiger partial charge on any atom is 0.252 e. The van der Waals surface area contributed by atoms with E-state index in [9.17, 15) is 13.2 Å². The summed E-state index contributed by atoms with van der Waals surface area (Å²) in [6.45, 7) is 0. The molecule has 2 aliphatic rings. The van der Waals surface area contributed by atoms with Crippen LogP contribution in [0.25, 0.3) is 0 Å². The summed E-state index contributed by atoms with van der Waals surface area (Å²) in [5, 5.41) is 1.40. The Bertz CT molecular complexity index is 1100. The number of para-hydroxylation sites is 1. The Hall–Kier alpha value is -1.25. The van der Waals surface area contributed by atoms with Gasteiger partial charge in [-0.05, 0) is 23.8 Å². The predicted octanol–water partition coefficient (Wildman–Crippen LogP) is 4.49. The number of amidine groups is 1. The number of aliphatic imine (C=N–C) groups is 1. The molecular weight excluding hydrogens is 475 g/mol. The number of fused-ring (bicyclic) bond motifs is 1. The number of sulfone groups is 1. The van der Waals surface area contributed by atoms with Gasteiger partial charge in [0.15, 0.2) is 15.0 Å². The van der Waals surface area contributed by atoms with Gasteiger partial charge in [0.2, 0.25) is 0 Å². The van der Waals surface area contributed by atoms with Crippen molar-refractivity contribution in [3.05, 3.63) is 63.1 Å². The van der Waals surface area contributed by atoms with E-state index in [1.807, 2.05) is 0 Å². The number of rotatable bonds is 3. The smallest absolute Gasteiger partial charge is 0.252 e. The highest BCUT2D eigenvalue weighted by Gasteiger charge is 2.50. The van der Waals surface area contributed by atoms with Crippen LogP contribution in [0.3, 0.4) is 0 Å². The lowest BCUT2D eigenvalue weighted by atomic mass is 10.1. The van der Waals surface area contributed by atoms with Crippen molar-refractivity contribution >= 4 is 73.2 Å². The largest absolute Gasteiger partial charge is 0.313 e. The molecule has 0 radical (unpaired) electrons. The highest BCUT2D eigenvalue weighted by atomic mass is 35.5. The molecule has 0 saturated carbocycles. The first-order valence-electron chi connectivity index (χ1n) is 8.70. The Morgan fingerprint density at radius 1 is 1.03 bits per heavy atom. The molecule has 2 fully saturated rings. The van der Waals surface area contributed by atoms with E-state index in [0.29, 0.717) is 31.5 Å². The third-order valence-corrected chi connectivity index (χ3v) is 8.95. The van der Waals surface area contributed by atoms with E-state index in [4.69, 9.17) is 34.8 Å². The van der Waals surface area contributed by atoms with Crippen molar-refractivity contribution in [2.75, 3.05) is 16.4 Å². The molecule has 29 heavy (non-hydrogen) atoms. The zero-order chi connectivity index (χ0) is 20.8. The third-order valence-electron chi connectivity index (χ3n) is 4.76. The van der Waals surface area contributed by atoms with Crippen LogP contribution in [0.4, 0.5) is 5.69 Å². The number of amides is 1. The standard InChI is InChI=1S/C19H15Cl3N2O3S2/c20-12-5-2-1-4-11(12)8-17(25)23-19-24(18-13(21)6-3-7-14(18)22)15-9-29(26,27)10-16(15)28-19/h1-7,15-16H,8-10H2/t15-,16-/m0/s1. The minimum Gasteiger partial charge on any atom is -0.313 e. The van der Waals surface area contributed by atoms with E-state index in [1.165, 1.54) is 11.8 Å². The number of thioether (sulfide) groups is 1. The highest BCUT2D eigenvalue weighted by Crippen LogP contribution is 2.45. The van der Waals surface area contributed by atoms with Gasteiger partial charge in [-0.25, -0.2) is 8.42 Å². The van der Waals surface area contributed by atoms with Gasteiger partial charge in [-0.15, -0.1) is 0 Å². The van der Waals surface area contributed by atoms with Crippen molar-refractivity contribution in [3.8, 4) is 0 Å². The molecule has 0 N–H and O–H groups in total. The number of hydrogen-bond donors (Lipinski definition) is 0. The molecule has 2 saturated heterocycles. The van der Waals surface area contributed by atoms with Crippen LogP contribution in [0.5, 0.6) is 0 Å². The van der Waals surface area contributed by atoms with Crippen molar-refractivity contribution in [2.45, 2.75) is 17.7 Å². The molecule has 1 amide bonds. The van der Waals surface area contributed by atoms with E-state index in [1.54, 1.807) is 47.4 Å². The van der Waals surface area contributed by atoms with Crippen molar-refractivity contribution in [1.82, 2.24) is 0 Å². The molecule has 0 spiro atoms. The summed E-state index contributed by atoms with van der Waals surface area (Å²) in [6, 6.07) is 11.8. The second kappa shape index (κ2) is 8.12. The van der Waals surface area contributed by atoms with Crippen molar-refractivity contribution in [1.29, 1.82) is 0 Å². The summed E-state index contributed by atoms with van der Waals surface area (Å²) < 4.78 is 24.3. The van der Waals surface area contributed by atoms with Crippen LogP contribution in [0.1, 0.15) is 5.56 Å². The summed E-state index contributed by atoms with van der Waals surface area (Å²) in [7, 11) is -3.18. The Kier molecular flexibility index (Phi) is 5.88. The van der Waals surface area contributed by atoms with Crippen LogP contribution >= 0.6 is 46.6 Å². The molecule has 2 aromatic rings. The van der Waals surface area contributed by atoms with Crippen LogP contribution in [-0.2, 0) is 21.1 Å². The summed E-state index contributed by atoms with van der Waals surface area (Å²) in [4.78, 5) is 18.6. The fourth-order valence-electron chi connectivity index (χ4n) is 3.50. The number of benzene rings is 2. The first-order chi connectivity index (χ1) is 13.7. The van der Waals surface area contributed by atoms with Gasteiger partial charge in [0, 0.05) is 10.3 Å². The van der Waals surface area contributed by atoms with Crippen LogP contribution in [0.15, 0.2) is 47.5 Å². The Labute approximate surface area is 188 Å². The average molecular weight is 490 g/mol. The van der Waals surface area contributed by atoms with Crippen LogP contribution in [-0.4, -0.2) is 42.3 Å². The molecular formula is C19H15Cl3N2O3S2. The van der Waals surface area contributed by atoms with Crippen molar-refractivity contribution < 1.29 is 13.2 Å². The van der Waals surface area contributed by atoms with Gasteiger partial charge in [0.1, 0.15) is 0 Å². The lowest BCUT2D eigenvalue weighted by Crippen LogP contribution is -2.38. The van der Waals surface area contributed by atoms with Gasteiger partial charge in [0.05, 0.1) is 39.7 Å². The van der Waals surface area contributed by atoms with Crippen molar-refractivity contribution in [2.24, 2.45) is 4.99 Å². The number of carbonyl (C=O) groups excluding carboxylic acids is 1. The number of hydrogen-bond acceptors (Lipinski definition) is 4. The van der Waals surface area contributed by atoms with Crippen molar-refractivity contribution in [3.63, 3.8) is 0 Å². The van der Waals surface area contributed by atoms with E-state index < -0.39 is 9.84 Å². The molecule has 152 valence electrons. The molecule has 2 aromatic carbocycles. The molecule has 2 heterocycles. The quantitative estimate of drug-likeness (QED) is 0.635. The van der Waals surface area contributed by atoms with Crippen LogP contribution in [0.2, 0.25) is 15.1 Å². The lowest BCUT2D eigenvalue weighted by molar-refractivity contribution is -0.117. The fraction of sp³-hybridized carbons (Fsp3) is 0.263. The summed E-state index contributed by atoms with van der Waals surface area (Å²) in [6.07, 6.45) is 0.0431. The Morgan fingerprint density at radius 3 is 2.38 bits per heavy atom. The number of carbonyl (C=O) groups is 1. The normalized spacial score (nSPS) is 24.1. The van der Waals surface area contributed by atoms with Gasteiger partial charge in [-0.3, -0.25) is 4.79 Å². The maximum atomic E-state index is 12.6. The zero-order valence-corrected chi connectivity index (χ0v) is 18.8. The third kappa shape index (κ3) is 4.30. The Morgan fingerprint density at radius 2 is 1.69 bits per heavy atom. The maximum absolute atomic E-state index is 12.6. The Balaban J connectivity index is 1.71. The fourth-order valence-corrected chi connectivity index (χ4v) is 8.20. The van der Waals surface area contributed by atoms with Crippen LogP contribution < -0.4 is 4.90 Å². The van der Waals surface area contributed by atoms with Crippen LogP contribution in [0, 0.1) is 0 Å². The highest BCUT2D eigenvalue weighted by molar-refractivity contribution is 8.16.